The van der Waals surface area contributed by atoms with Crippen molar-refractivity contribution >= 4 is 17.2 Å². The Morgan fingerprint density at radius 1 is 1.62 bits per heavy atom. The summed E-state index contributed by atoms with van der Waals surface area (Å²) in [5.41, 5.74) is 9.54. The van der Waals surface area contributed by atoms with Crippen LogP contribution in [0.3, 0.4) is 0 Å². The molecule has 0 aliphatic rings. The van der Waals surface area contributed by atoms with Gasteiger partial charge in [0.2, 0.25) is 0 Å². The number of nitrogens with one attached hydrogen (secondary N) is 1. The van der Waals surface area contributed by atoms with E-state index in [1.54, 1.807) is 35.5 Å². The second-order valence-corrected chi connectivity index (χ2v) is 4.44. The monoisotopic (exact) mass is 238 g/mol. The first-order chi connectivity index (χ1) is 7.72. The molecule has 2 heterocycles. The van der Waals surface area contributed by atoms with E-state index in [1.807, 2.05) is 5.38 Å². The number of nitrogen functional groups attached to an aromatic ring is 1. The molecule has 2 rings (SSSR count). The molecular weight excluding hydrogens is 224 g/mol. The fraction of sp³-hybridized carbons (Fsp3) is 0.333. The lowest BCUT2D eigenvalue weighted by Gasteiger charge is -2.13. The lowest BCUT2D eigenvalue weighted by atomic mass is 10.1. The number of hydrogen-bond donors (Lipinski definition) is 3. The molecule has 0 aliphatic carbocycles. The molecular formula is C9H14N6S. The molecule has 0 saturated heterocycles. The highest BCUT2D eigenvalue weighted by Crippen LogP contribution is 2.23. The lowest BCUT2D eigenvalue weighted by Crippen LogP contribution is -2.30. The number of rotatable bonds is 4. The number of nitrogens with zero attached hydrogens (tertiary/aromatic N) is 3. The van der Waals surface area contributed by atoms with Crippen LogP contribution in [-0.2, 0) is 13.5 Å². The number of anilines is 1. The van der Waals surface area contributed by atoms with E-state index < -0.39 is 0 Å². The predicted octanol–water partition coefficient (Wildman–Crippen LogP) is 0.206. The number of hydrazine groups is 1. The van der Waals surface area contributed by atoms with Crippen LogP contribution in [0.4, 0.5) is 5.82 Å². The molecule has 86 valence electrons. The first kappa shape index (κ1) is 11.1. The highest BCUT2D eigenvalue weighted by molar-refractivity contribution is 7.09. The molecule has 0 aliphatic heterocycles. The zero-order valence-electron chi connectivity index (χ0n) is 8.92. The zero-order chi connectivity index (χ0) is 11.5. The molecule has 1 unspecified atom stereocenters. The molecule has 0 radical (unpaired) electrons. The van der Waals surface area contributed by atoms with Crippen LogP contribution in [0.5, 0.6) is 0 Å². The van der Waals surface area contributed by atoms with Gasteiger partial charge in [0, 0.05) is 30.6 Å². The summed E-state index contributed by atoms with van der Waals surface area (Å²) in [6, 6.07) is -0.0557. The highest BCUT2D eigenvalue weighted by atomic mass is 32.1. The summed E-state index contributed by atoms with van der Waals surface area (Å²) < 4.78 is 1.63. The van der Waals surface area contributed by atoms with Crippen molar-refractivity contribution in [3.05, 3.63) is 28.3 Å². The summed E-state index contributed by atoms with van der Waals surface area (Å²) in [6.45, 7) is 0. The molecule has 0 fully saturated rings. The van der Waals surface area contributed by atoms with Crippen molar-refractivity contribution in [3.8, 4) is 0 Å². The maximum Gasteiger partial charge on any atom is 0.126 e. The summed E-state index contributed by atoms with van der Waals surface area (Å²) in [7, 11) is 1.80. The molecule has 2 aromatic rings. The van der Waals surface area contributed by atoms with Crippen LogP contribution in [0.2, 0.25) is 0 Å². The van der Waals surface area contributed by atoms with Crippen molar-refractivity contribution in [1.29, 1.82) is 0 Å². The van der Waals surface area contributed by atoms with Crippen molar-refractivity contribution in [2.24, 2.45) is 12.9 Å². The van der Waals surface area contributed by atoms with Crippen LogP contribution in [0, 0.1) is 0 Å². The number of aromatic nitrogens is 3. The molecule has 1 atom stereocenters. The van der Waals surface area contributed by atoms with Gasteiger partial charge in [-0.3, -0.25) is 16.0 Å². The Balaban J connectivity index is 2.20. The zero-order valence-corrected chi connectivity index (χ0v) is 9.74. The van der Waals surface area contributed by atoms with Crippen molar-refractivity contribution in [3.63, 3.8) is 0 Å². The van der Waals surface area contributed by atoms with E-state index in [4.69, 9.17) is 11.6 Å². The molecule has 0 aromatic carbocycles. The van der Waals surface area contributed by atoms with Crippen molar-refractivity contribution in [1.82, 2.24) is 20.2 Å². The molecule has 7 heteroatoms. The van der Waals surface area contributed by atoms with Gasteiger partial charge >= 0.3 is 0 Å². The maximum absolute atomic E-state index is 5.90. The van der Waals surface area contributed by atoms with Gasteiger partial charge in [-0.15, -0.1) is 11.3 Å². The van der Waals surface area contributed by atoms with Crippen molar-refractivity contribution in [2.75, 3.05) is 5.73 Å². The Morgan fingerprint density at radius 2 is 2.44 bits per heavy atom. The molecule has 5 N–H and O–H groups in total. The number of thiazole rings is 1. The summed E-state index contributed by atoms with van der Waals surface area (Å²) >= 11 is 1.60. The molecule has 0 amide bonds. The van der Waals surface area contributed by atoms with E-state index in [0.717, 1.165) is 10.6 Å². The molecule has 2 aromatic heterocycles. The smallest absolute Gasteiger partial charge is 0.126 e. The van der Waals surface area contributed by atoms with Gasteiger partial charge < -0.3 is 5.73 Å². The largest absolute Gasteiger partial charge is 0.384 e. The number of hydrogen-bond acceptors (Lipinski definition) is 6. The van der Waals surface area contributed by atoms with Crippen molar-refractivity contribution < 1.29 is 0 Å². The maximum atomic E-state index is 5.90. The Bertz CT molecular complexity index is 449. The van der Waals surface area contributed by atoms with Gasteiger partial charge in [0.25, 0.3) is 0 Å². The second kappa shape index (κ2) is 4.60. The minimum atomic E-state index is -0.0557. The normalized spacial score (nSPS) is 12.9. The van der Waals surface area contributed by atoms with Gasteiger partial charge in [0.1, 0.15) is 5.82 Å². The van der Waals surface area contributed by atoms with E-state index in [1.165, 1.54) is 0 Å². The summed E-state index contributed by atoms with van der Waals surface area (Å²) in [5, 5.41) is 7.05. The SMILES string of the molecule is Cn1ncc(C(Cc2nccs2)NN)c1N. The third-order valence-electron chi connectivity index (χ3n) is 2.45. The fourth-order valence-electron chi connectivity index (χ4n) is 1.52. The van der Waals surface area contributed by atoms with Crippen molar-refractivity contribution in [2.45, 2.75) is 12.5 Å². The summed E-state index contributed by atoms with van der Waals surface area (Å²) in [5.74, 6) is 6.16. The molecule has 0 spiro atoms. The fourth-order valence-corrected chi connectivity index (χ4v) is 2.18. The first-order valence-electron chi connectivity index (χ1n) is 4.84. The number of aryl methyl sites for hydroxylation is 1. The average Bonchev–Trinajstić information content (AvgIpc) is 2.88. The summed E-state index contributed by atoms with van der Waals surface area (Å²) in [4.78, 5) is 4.22. The van der Waals surface area contributed by atoms with Crippen LogP contribution in [-0.4, -0.2) is 14.8 Å². The quantitative estimate of drug-likeness (QED) is 0.522. The van der Waals surface area contributed by atoms with Gasteiger partial charge in [-0.2, -0.15) is 5.10 Å². The molecule has 6 nitrogen and oxygen atoms in total. The van der Waals surface area contributed by atoms with E-state index >= 15 is 0 Å². The minimum Gasteiger partial charge on any atom is -0.384 e. The van der Waals surface area contributed by atoms with Gasteiger partial charge in [-0.05, 0) is 0 Å². The van der Waals surface area contributed by atoms with E-state index in [2.05, 4.69) is 15.5 Å². The third-order valence-corrected chi connectivity index (χ3v) is 3.26. The topological polar surface area (TPSA) is 94.8 Å². The molecule has 16 heavy (non-hydrogen) atoms. The van der Waals surface area contributed by atoms with E-state index in [-0.39, 0.29) is 6.04 Å². The van der Waals surface area contributed by atoms with E-state index in [0.29, 0.717) is 12.2 Å². The summed E-state index contributed by atoms with van der Waals surface area (Å²) in [6.07, 6.45) is 4.22. The van der Waals surface area contributed by atoms with Crippen LogP contribution in [0.25, 0.3) is 0 Å². The highest BCUT2D eigenvalue weighted by Gasteiger charge is 2.17. The Labute approximate surface area is 97.3 Å². The Morgan fingerprint density at radius 3 is 2.94 bits per heavy atom. The van der Waals surface area contributed by atoms with E-state index in [9.17, 15) is 0 Å². The first-order valence-corrected chi connectivity index (χ1v) is 5.72. The van der Waals surface area contributed by atoms with Gasteiger partial charge in [-0.1, -0.05) is 0 Å². The molecule has 0 saturated carbocycles. The molecule has 0 bridgehead atoms. The van der Waals surface area contributed by atoms with Crippen LogP contribution < -0.4 is 17.0 Å². The second-order valence-electron chi connectivity index (χ2n) is 3.46. The Hall–Kier alpha value is -1.44. The van der Waals surface area contributed by atoms with Gasteiger partial charge in [-0.25, -0.2) is 4.98 Å². The standard InChI is InChI=1S/C9H14N6S/c1-15-9(10)6(5-13-15)7(14-11)4-8-12-2-3-16-8/h2-3,5,7,14H,4,10-11H2,1H3. The van der Waals surface area contributed by atoms with Gasteiger partial charge in [0.15, 0.2) is 0 Å². The minimum absolute atomic E-state index is 0.0557. The Kier molecular flexibility index (Phi) is 3.18. The van der Waals surface area contributed by atoms with Crippen LogP contribution >= 0.6 is 11.3 Å². The lowest BCUT2D eigenvalue weighted by molar-refractivity contribution is 0.552. The average molecular weight is 238 g/mol. The van der Waals surface area contributed by atoms with Crippen LogP contribution in [0.1, 0.15) is 16.6 Å². The van der Waals surface area contributed by atoms with Gasteiger partial charge in [0.05, 0.1) is 17.2 Å². The predicted molar refractivity (Wildman–Crippen MR) is 63.5 cm³/mol. The number of nitrogens with two attached hydrogens (primary N) is 2. The third kappa shape index (κ3) is 2.06. The van der Waals surface area contributed by atoms with Crippen LogP contribution in [0.15, 0.2) is 17.8 Å².